The number of benzene rings is 2. The van der Waals surface area contributed by atoms with E-state index in [1.807, 2.05) is 47.3 Å². The summed E-state index contributed by atoms with van der Waals surface area (Å²) in [6.07, 6.45) is 3.73. The molecule has 0 spiro atoms. The summed E-state index contributed by atoms with van der Waals surface area (Å²) in [5.41, 5.74) is 3.12. The predicted octanol–water partition coefficient (Wildman–Crippen LogP) is 3.25. The van der Waals surface area contributed by atoms with Crippen molar-refractivity contribution in [2.24, 2.45) is 0 Å². The van der Waals surface area contributed by atoms with E-state index in [2.05, 4.69) is 22.5 Å². The quantitative estimate of drug-likeness (QED) is 0.753. The van der Waals surface area contributed by atoms with Crippen LogP contribution in [-0.4, -0.2) is 14.9 Å². The Morgan fingerprint density at radius 1 is 1.00 bits per heavy atom. The van der Waals surface area contributed by atoms with E-state index in [9.17, 15) is 5.11 Å². The molecule has 0 atom stereocenters. The molecular weight excluding hydrogens is 262 g/mol. The van der Waals surface area contributed by atoms with Gasteiger partial charge in [0.15, 0.2) is 0 Å². The third-order valence-corrected chi connectivity index (χ3v) is 3.33. The fourth-order valence-electron chi connectivity index (χ4n) is 2.17. The van der Waals surface area contributed by atoms with Crippen LogP contribution < -0.4 is 5.32 Å². The zero-order valence-corrected chi connectivity index (χ0v) is 11.6. The largest absolute Gasteiger partial charge is 0.508 e. The van der Waals surface area contributed by atoms with Crippen molar-refractivity contribution in [3.05, 3.63) is 78.1 Å². The molecule has 0 bridgehead atoms. The van der Waals surface area contributed by atoms with Crippen LogP contribution in [0.4, 0.5) is 5.69 Å². The maximum absolute atomic E-state index is 9.73. The van der Waals surface area contributed by atoms with Gasteiger partial charge < -0.3 is 10.4 Å². The zero-order chi connectivity index (χ0) is 14.5. The number of phenols is 1. The van der Waals surface area contributed by atoms with Gasteiger partial charge in [0.25, 0.3) is 0 Å². The third kappa shape index (κ3) is 3.42. The van der Waals surface area contributed by atoms with E-state index in [1.165, 1.54) is 5.56 Å². The van der Waals surface area contributed by atoms with Gasteiger partial charge in [-0.05, 0) is 29.8 Å². The first-order valence-electron chi connectivity index (χ1n) is 6.88. The highest BCUT2D eigenvalue weighted by atomic mass is 16.3. The van der Waals surface area contributed by atoms with Crippen LogP contribution >= 0.6 is 0 Å². The highest BCUT2D eigenvalue weighted by molar-refractivity contribution is 5.46. The summed E-state index contributed by atoms with van der Waals surface area (Å²) >= 11 is 0. The lowest BCUT2D eigenvalue weighted by molar-refractivity contribution is 0.469. The van der Waals surface area contributed by atoms with Crippen molar-refractivity contribution in [1.29, 1.82) is 0 Å². The Labute approximate surface area is 123 Å². The Morgan fingerprint density at radius 2 is 1.81 bits per heavy atom. The van der Waals surface area contributed by atoms with Gasteiger partial charge in [-0.1, -0.05) is 30.3 Å². The summed E-state index contributed by atoms with van der Waals surface area (Å²) in [7, 11) is 0. The van der Waals surface area contributed by atoms with Gasteiger partial charge in [0.2, 0.25) is 0 Å². The van der Waals surface area contributed by atoms with Crippen molar-refractivity contribution < 1.29 is 5.11 Å². The van der Waals surface area contributed by atoms with Gasteiger partial charge in [-0.2, -0.15) is 5.10 Å². The van der Waals surface area contributed by atoms with Gasteiger partial charge in [-0.25, -0.2) is 0 Å². The molecule has 4 nitrogen and oxygen atoms in total. The molecule has 4 heteroatoms. The number of hydrogen-bond acceptors (Lipinski definition) is 3. The molecule has 0 saturated carbocycles. The monoisotopic (exact) mass is 279 g/mol. The minimum absolute atomic E-state index is 0.320. The molecule has 3 aromatic rings. The van der Waals surface area contributed by atoms with Gasteiger partial charge >= 0.3 is 0 Å². The molecule has 0 saturated heterocycles. The van der Waals surface area contributed by atoms with Crippen LogP contribution in [0.1, 0.15) is 11.1 Å². The molecule has 2 aromatic carbocycles. The van der Waals surface area contributed by atoms with Gasteiger partial charge in [0.1, 0.15) is 5.75 Å². The highest BCUT2D eigenvalue weighted by Gasteiger charge is 2.00. The topological polar surface area (TPSA) is 50.1 Å². The van der Waals surface area contributed by atoms with E-state index in [0.717, 1.165) is 17.8 Å². The van der Waals surface area contributed by atoms with E-state index in [0.29, 0.717) is 12.3 Å². The van der Waals surface area contributed by atoms with E-state index in [1.54, 1.807) is 12.3 Å². The van der Waals surface area contributed by atoms with Gasteiger partial charge in [-0.3, -0.25) is 4.68 Å². The van der Waals surface area contributed by atoms with Crippen molar-refractivity contribution in [2.75, 3.05) is 5.32 Å². The minimum atomic E-state index is 0.320. The van der Waals surface area contributed by atoms with E-state index < -0.39 is 0 Å². The van der Waals surface area contributed by atoms with Gasteiger partial charge in [-0.15, -0.1) is 0 Å². The lowest BCUT2D eigenvalue weighted by Crippen LogP contribution is -2.01. The van der Waals surface area contributed by atoms with E-state index in [-0.39, 0.29) is 0 Å². The fourth-order valence-corrected chi connectivity index (χ4v) is 2.17. The summed E-state index contributed by atoms with van der Waals surface area (Å²) in [5.74, 6) is 0.320. The number of aromatic hydroxyl groups is 1. The molecule has 0 aliphatic rings. The fraction of sp³-hybridized carbons (Fsp3) is 0.118. The second kappa shape index (κ2) is 6.13. The number of nitrogens with zero attached hydrogens (tertiary/aromatic N) is 2. The summed E-state index contributed by atoms with van der Waals surface area (Å²) in [6.45, 7) is 1.37. The van der Waals surface area contributed by atoms with Gasteiger partial charge in [0, 0.05) is 30.2 Å². The SMILES string of the molecule is Oc1ccccc1CNc1ccc(Cn2cccn2)cc1. The summed E-state index contributed by atoms with van der Waals surface area (Å²) in [4.78, 5) is 0. The minimum Gasteiger partial charge on any atom is -0.508 e. The smallest absolute Gasteiger partial charge is 0.120 e. The highest BCUT2D eigenvalue weighted by Crippen LogP contribution is 2.18. The van der Waals surface area contributed by atoms with Crippen LogP contribution in [0.15, 0.2) is 67.0 Å². The second-order valence-corrected chi connectivity index (χ2v) is 4.88. The van der Waals surface area contributed by atoms with Crippen molar-refractivity contribution in [2.45, 2.75) is 13.1 Å². The van der Waals surface area contributed by atoms with E-state index in [4.69, 9.17) is 0 Å². The maximum atomic E-state index is 9.73. The Bertz CT molecular complexity index is 690. The van der Waals surface area contributed by atoms with Crippen molar-refractivity contribution in [3.63, 3.8) is 0 Å². The summed E-state index contributed by atoms with van der Waals surface area (Å²) in [5, 5.41) is 17.2. The molecule has 2 N–H and O–H groups in total. The maximum Gasteiger partial charge on any atom is 0.120 e. The molecule has 1 aromatic heterocycles. The molecular formula is C17H17N3O. The molecule has 21 heavy (non-hydrogen) atoms. The normalized spacial score (nSPS) is 10.5. The summed E-state index contributed by atoms with van der Waals surface area (Å²) < 4.78 is 1.89. The standard InChI is InChI=1S/C17H17N3O/c21-17-5-2-1-4-15(17)12-18-16-8-6-14(7-9-16)13-20-11-3-10-19-20/h1-11,18,21H,12-13H2. The Kier molecular flexibility index (Phi) is 3.87. The average Bonchev–Trinajstić information content (AvgIpc) is 3.01. The van der Waals surface area contributed by atoms with Crippen LogP contribution in [0.3, 0.4) is 0 Å². The molecule has 0 fully saturated rings. The predicted molar refractivity (Wildman–Crippen MR) is 83.2 cm³/mol. The van der Waals surface area contributed by atoms with Crippen LogP contribution in [0.2, 0.25) is 0 Å². The van der Waals surface area contributed by atoms with Crippen LogP contribution in [0.25, 0.3) is 0 Å². The molecule has 0 amide bonds. The van der Waals surface area contributed by atoms with Gasteiger partial charge in [0.05, 0.1) is 6.54 Å². The molecule has 0 radical (unpaired) electrons. The zero-order valence-electron chi connectivity index (χ0n) is 11.6. The first kappa shape index (κ1) is 13.2. The van der Waals surface area contributed by atoms with Crippen molar-refractivity contribution >= 4 is 5.69 Å². The Hall–Kier alpha value is -2.75. The molecule has 1 heterocycles. The lowest BCUT2D eigenvalue weighted by Gasteiger charge is -2.09. The third-order valence-electron chi connectivity index (χ3n) is 3.33. The molecule has 0 unspecified atom stereocenters. The number of rotatable bonds is 5. The molecule has 3 rings (SSSR count). The Balaban J connectivity index is 1.61. The number of aromatic nitrogens is 2. The summed E-state index contributed by atoms with van der Waals surface area (Å²) in [6, 6.07) is 17.5. The Morgan fingerprint density at radius 3 is 2.52 bits per heavy atom. The lowest BCUT2D eigenvalue weighted by atomic mass is 10.1. The first-order valence-corrected chi connectivity index (χ1v) is 6.88. The average molecular weight is 279 g/mol. The van der Waals surface area contributed by atoms with Crippen LogP contribution in [0.5, 0.6) is 5.75 Å². The number of nitrogens with one attached hydrogen (secondary N) is 1. The number of anilines is 1. The number of para-hydroxylation sites is 1. The first-order chi connectivity index (χ1) is 10.3. The molecule has 0 aliphatic carbocycles. The van der Waals surface area contributed by atoms with E-state index >= 15 is 0 Å². The van der Waals surface area contributed by atoms with Crippen LogP contribution in [0, 0.1) is 0 Å². The number of phenolic OH excluding ortho intramolecular Hbond substituents is 1. The van der Waals surface area contributed by atoms with Crippen molar-refractivity contribution in [3.8, 4) is 5.75 Å². The molecule has 106 valence electrons. The molecule has 0 aliphatic heterocycles. The van der Waals surface area contributed by atoms with Crippen LogP contribution in [-0.2, 0) is 13.1 Å². The van der Waals surface area contributed by atoms with Crippen molar-refractivity contribution in [1.82, 2.24) is 9.78 Å². The number of hydrogen-bond donors (Lipinski definition) is 2. The second-order valence-electron chi connectivity index (χ2n) is 4.88.